The Hall–Kier alpha value is -3.72. The highest BCUT2D eigenvalue weighted by atomic mass is 35.5. The Kier molecular flexibility index (Phi) is 5.89. The van der Waals surface area contributed by atoms with Crippen molar-refractivity contribution in [2.24, 2.45) is 16.0 Å². The van der Waals surface area contributed by atoms with Gasteiger partial charge in [0.25, 0.3) is 11.8 Å². The molecule has 148 valence electrons. The Morgan fingerprint density at radius 1 is 1.10 bits per heavy atom. The van der Waals surface area contributed by atoms with Crippen LogP contribution in [0.4, 0.5) is 5.69 Å². The van der Waals surface area contributed by atoms with Crippen molar-refractivity contribution < 1.29 is 19.5 Å². The number of carbonyl (C=O) groups excluding carboxylic acids is 3. The van der Waals surface area contributed by atoms with Gasteiger partial charge in [0.15, 0.2) is 5.69 Å². The first-order valence-corrected chi connectivity index (χ1v) is 8.82. The number of halogens is 1. The van der Waals surface area contributed by atoms with E-state index in [1.165, 1.54) is 10.6 Å². The molecule has 3 amide bonds. The van der Waals surface area contributed by atoms with Gasteiger partial charge in [-0.15, -0.1) is 10.2 Å². The lowest BCUT2D eigenvalue weighted by Gasteiger charge is -2.04. The van der Waals surface area contributed by atoms with Gasteiger partial charge in [0.2, 0.25) is 11.8 Å². The number of aromatic nitrogens is 1. The molecule has 2 aromatic carbocycles. The first-order chi connectivity index (χ1) is 13.9. The second kappa shape index (κ2) is 8.53. The van der Waals surface area contributed by atoms with Crippen molar-refractivity contribution >= 4 is 45.9 Å². The largest absolute Gasteiger partial charge is 0.493 e. The number of primary amides is 1. The summed E-state index contributed by atoms with van der Waals surface area (Å²) in [5, 5.41) is 20.9. The van der Waals surface area contributed by atoms with Crippen LogP contribution in [0.5, 0.6) is 5.88 Å². The standard InChI is InChI=1S/C19H16ClN5O4/c20-13-7-3-1-5-11(13)18(28)22-9-16(27)23-24-17-12-6-2-4-8-14(12)25(19(17)29)10-15(21)26/h1-8,29H,9-10H2,(H2,21,26)(H,22,28). The summed E-state index contributed by atoms with van der Waals surface area (Å²) >= 11 is 5.94. The highest BCUT2D eigenvalue weighted by Gasteiger charge is 2.18. The minimum atomic E-state index is -0.739. The number of aromatic hydroxyl groups is 1. The highest BCUT2D eigenvalue weighted by molar-refractivity contribution is 6.33. The maximum Gasteiger partial charge on any atom is 0.283 e. The number of nitrogens with two attached hydrogens (primary N) is 1. The van der Waals surface area contributed by atoms with Crippen molar-refractivity contribution in [3.05, 3.63) is 59.1 Å². The predicted molar refractivity (Wildman–Crippen MR) is 106 cm³/mol. The number of fused-ring (bicyclic) bond motifs is 1. The molecule has 3 aromatic rings. The van der Waals surface area contributed by atoms with E-state index in [0.29, 0.717) is 10.9 Å². The van der Waals surface area contributed by atoms with E-state index in [2.05, 4.69) is 15.5 Å². The number of rotatable bonds is 6. The van der Waals surface area contributed by atoms with Gasteiger partial charge in [-0.3, -0.25) is 14.4 Å². The van der Waals surface area contributed by atoms with E-state index >= 15 is 0 Å². The number of para-hydroxylation sites is 1. The summed E-state index contributed by atoms with van der Waals surface area (Å²) in [5.74, 6) is -2.26. The van der Waals surface area contributed by atoms with E-state index in [0.717, 1.165) is 0 Å². The summed E-state index contributed by atoms with van der Waals surface area (Å²) < 4.78 is 1.27. The van der Waals surface area contributed by atoms with Crippen molar-refractivity contribution in [2.45, 2.75) is 6.54 Å². The van der Waals surface area contributed by atoms with Gasteiger partial charge in [-0.2, -0.15) is 0 Å². The van der Waals surface area contributed by atoms with Crippen LogP contribution in [0.25, 0.3) is 10.9 Å². The smallest absolute Gasteiger partial charge is 0.283 e. The lowest BCUT2D eigenvalue weighted by Crippen LogP contribution is -2.28. The number of amides is 3. The Bertz CT molecular complexity index is 1140. The maximum atomic E-state index is 12.1. The Labute approximate surface area is 169 Å². The van der Waals surface area contributed by atoms with Gasteiger partial charge in [0.1, 0.15) is 13.1 Å². The van der Waals surface area contributed by atoms with Crippen LogP contribution in [0.3, 0.4) is 0 Å². The lowest BCUT2D eigenvalue weighted by molar-refractivity contribution is -0.119. The van der Waals surface area contributed by atoms with Gasteiger partial charge in [0.05, 0.1) is 16.1 Å². The highest BCUT2D eigenvalue weighted by Crippen LogP contribution is 2.38. The van der Waals surface area contributed by atoms with E-state index in [1.807, 2.05) is 0 Å². The van der Waals surface area contributed by atoms with Gasteiger partial charge < -0.3 is 20.7 Å². The van der Waals surface area contributed by atoms with Gasteiger partial charge in [-0.1, -0.05) is 41.9 Å². The van der Waals surface area contributed by atoms with Crippen molar-refractivity contribution in [1.82, 2.24) is 9.88 Å². The molecule has 0 aliphatic heterocycles. The van der Waals surface area contributed by atoms with Crippen LogP contribution >= 0.6 is 11.6 Å². The molecule has 0 spiro atoms. The number of benzene rings is 2. The summed E-state index contributed by atoms with van der Waals surface area (Å²) in [6.07, 6.45) is 0. The van der Waals surface area contributed by atoms with Gasteiger partial charge in [-0.05, 0) is 18.2 Å². The van der Waals surface area contributed by atoms with Crippen molar-refractivity contribution in [1.29, 1.82) is 0 Å². The van der Waals surface area contributed by atoms with E-state index in [9.17, 15) is 19.5 Å². The van der Waals surface area contributed by atoms with Crippen LogP contribution < -0.4 is 11.1 Å². The topological polar surface area (TPSA) is 139 Å². The van der Waals surface area contributed by atoms with Crippen molar-refractivity contribution in [3.8, 4) is 5.88 Å². The van der Waals surface area contributed by atoms with Crippen LogP contribution in [0.2, 0.25) is 5.02 Å². The monoisotopic (exact) mass is 413 g/mol. The molecule has 4 N–H and O–H groups in total. The van der Waals surface area contributed by atoms with Gasteiger partial charge >= 0.3 is 0 Å². The molecule has 9 nitrogen and oxygen atoms in total. The quantitative estimate of drug-likeness (QED) is 0.534. The molecule has 29 heavy (non-hydrogen) atoms. The molecule has 0 aliphatic rings. The van der Waals surface area contributed by atoms with Crippen LogP contribution in [0.1, 0.15) is 10.4 Å². The molecule has 0 radical (unpaired) electrons. The minimum absolute atomic E-state index is 0.0210. The molecule has 0 aliphatic carbocycles. The molecule has 10 heteroatoms. The second-order valence-electron chi connectivity index (χ2n) is 6.00. The normalized spacial score (nSPS) is 11.1. The number of hydrogen-bond acceptors (Lipinski definition) is 5. The molecule has 3 rings (SSSR count). The average Bonchev–Trinajstić information content (AvgIpc) is 2.96. The lowest BCUT2D eigenvalue weighted by atomic mass is 10.2. The zero-order chi connectivity index (χ0) is 21.0. The summed E-state index contributed by atoms with van der Waals surface area (Å²) in [6.45, 7) is -0.669. The van der Waals surface area contributed by atoms with E-state index in [-0.39, 0.29) is 28.7 Å². The van der Waals surface area contributed by atoms with Crippen molar-refractivity contribution in [2.75, 3.05) is 6.54 Å². The molecule has 0 bridgehead atoms. The van der Waals surface area contributed by atoms with E-state index in [4.69, 9.17) is 17.3 Å². The van der Waals surface area contributed by atoms with Crippen molar-refractivity contribution in [3.63, 3.8) is 0 Å². The van der Waals surface area contributed by atoms with Crippen LogP contribution in [0, 0.1) is 0 Å². The summed E-state index contributed by atoms with van der Waals surface area (Å²) in [4.78, 5) is 35.3. The Morgan fingerprint density at radius 3 is 2.52 bits per heavy atom. The average molecular weight is 414 g/mol. The zero-order valence-electron chi connectivity index (χ0n) is 15.0. The third-order valence-corrected chi connectivity index (χ3v) is 4.34. The summed E-state index contributed by atoms with van der Waals surface area (Å²) in [7, 11) is 0. The number of carbonyl (C=O) groups is 3. The molecule has 0 saturated heterocycles. The minimum Gasteiger partial charge on any atom is -0.493 e. The number of hydrogen-bond donors (Lipinski definition) is 3. The predicted octanol–water partition coefficient (Wildman–Crippen LogP) is 2.53. The molecule has 1 aromatic heterocycles. The Morgan fingerprint density at radius 2 is 1.79 bits per heavy atom. The fraction of sp³-hybridized carbons (Fsp3) is 0.105. The number of nitrogens with zero attached hydrogens (tertiary/aromatic N) is 3. The second-order valence-corrected chi connectivity index (χ2v) is 6.41. The molecule has 1 heterocycles. The SMILES string of the molecule is NC(=O)Cn1c(O)c(N=NC(=O)CNC(=O)c2ccccc2Cl)c2ccccc21. The molecular weight excluding hydrogens is 398 g/mol. The molecule has 0 fully saturated rings. The van der Waals surface area contributed by atoms with Crippen LogP contribution in [-0.4, -0.2) is 33.9 Å². The Balaban J connectivity index is 1.76. The molecule has 0 atom stereocenters. The molecule has 0 unspecified atom stereocenters. The number of azo groups is 1. The van der Waals surface area contributed by atoms with E-state index in [1.54, 1.807) is 42.5 Å². The van der Waals surface area contributed by atoms with E-state index < -0.39 is 24.3 Å². The third kappa shape index (κ3) is 4.41. The van der Waals surface area contributed by atoms with Crippen LogP contribution in [-0.2, 0) is 16.1 Å². The molecule has 0 saturated carbocycles. The molecular formula is C19H16ClN5O4. The summed E-state index contributed by atoms with van der Waals surface area (Å²) in [5.41, 5.74) is 5.97. The number of nitrogens with one attached hydrogen (secondary N) is 1. The first-order valence-electron chi connectivity index (χ1n) is 8.44. The third-order valence-electron chi connectivity index (χ3n) is 4.01. The maximum absolute atomic E-state index is 12.1. The zero-order valence-corrected chi connectivity index (χ0v) is 15.8. The fourth-order valence-corrected chi connectivity index (χ4v) is 2.95. The van der Waals surface area contributed by atoms with Gasteiger partial charge in [-0.25, -0.2) is 0 Å². The first kappa shape index (κ1) is 20.0. The fourth-order valence-electron chi connectivity index (χ4n) is 2.72. The summed E-state index contributed by atoms with van der Waals surface area (Å²) in [6, 6.07) is 13.2. The van der Waals surface area contributed by atoms with Crippen LogP contribution in [0.15, 0.2) is 58.8 Å². The van der Waals surface area contributed by atoms with Gasteiger partial charge in [0, 0.05) is 5.39 Å².